The highest BCUT2D eigenvalue weighted by Crippen LogP contribution is 2.33. The van der Waals surface area contributed by atoms with E-state index in [1.165, 1.54) is 0 Å². The van der Waals surface area contributed by atoms with Crippen molar-refractivity contribution in [3.8, 4) is 0 Å². The Morgan fingerprint density at radius 2 is 1.94 bits per heavy atom. The molecule has 0 aromatic heterocycles. The summed E-state index contributed by atoms with van der Waals surface area (Å²) in [6, 6.07) is 3.68. The first-order chi connectivity index (χ1) is 8.61. The van der Waals surface area contributed by atoms with Crippen LogP contribution in [0.25, 0.3) is 0 Å². The normalized spacial score (nSPS) is 29.6. The van der Waals surface area contributed by atoms with Gasteiger partial charge in [-0.05, 0) is 31.4 Å². The highest BCUT2D eigenvalue weighted by molar-refractivity contribution is 5.93. The van der Waals surface area contributed by atoms with Crippen molar-refractivity contribution in [3.63, 3.8) is 0 Å². The number of benzene rings is 1. The highest BCUT2D eigenvalue weighted by atomic mass is 19.1. The first-order valence-corrected chi connectivity index (χ1v) is 6.15. The van der Waals surface area contributed by atoms with Gasteiger partial charge in [0.25, 0.3) is 0 Å². The summed E-state index contributed by atoms with van der Waals surface area (Å²) in [4.78, 5) is 12.0. The van der Waals surface area contributed by atoms with E-state index < -0.39 is 11.6 Å². The van der Waals surface area contributed by atoms with Crippen LogP contribution in [-0.4, -0.2) is 18.0 Å². The lowest BCUT2D eigenvalue weighted by atomic mass is 9.88. The molecule has 5 heteroatoms. The summed E-state index contributed by atoms with van der Waals surface area (Å²) in [5.41, 5.74) is 0.181. The second kappa shape index (κ2) is 4.31. The van der Waals surface area contributed by atoms with Crippen LogP contribution in [0.2, 0.25) is 0 Å². The molecular weight excluding hydrogens is 238 g/mol. The Bertz CT molecular complexity index is 472. The quantitative estimate of drug-likeness (QED) is 0.845. The van der Waals surface area contributed by atoms with Crippen LogP contribution in [-0.2, 0) is 4.79 Å². The summed E-state index contributed by atoms with van der Waals surface area (Å²) in [6.07, 6.45) is 2.93. The zero-order valence-corrected chi connectivity index (χ0v) is 9.75. The average Bonchev–Trinajstić information content (AvgIpc) is 2.88. The van der Waals surface area contributed by atoms with E-state index in [0.717, 1.165) is 37.5 Å². The maximum atomic E-state index is 13.0. The molecule has 3 rings (SSSR count). The average molecular weight is 252 g/mol. The third-order valence-electron chi connectivity index (χ3n) is 3.77. The van der Waals surface area contributed by atoms with E-state index in [0.29, 0.717) is 6.04 Å². The largest absolute Gasteiger partial charge is 0.326 e. The topological polar surface area (TPSA) is 41.1 Å². The van der Waals surface area contributed by atoms with Crippen molar-refractivity contribution in [2.75, 3.05) is 5.32 Å². The van der Waals surface area contributed by atoms with Gasteiger partial charge in [0.15, 0.2) is 0 Å². The summed E-state index contributed by atoms with van der Waals surface area (Å²) >= 11 is 0. The van der Waals surface area contributed by atoms with Crippen molar-refractivity contribution in [3.05, 3.63) is 29.8 Å². The van der Waals surface area contributed by atoms with Crippen molar-refractivity contribution in [1.29, 1.82) is 0 Å². The van der Waals surface area contributed by atoms with Gasteiger partial charge in [0.05, 0.1) is 5.92 Å². The molecule has 2 N–H and O–H groups in total. The highest BCUT2D eigenvalue weighted by Gasteiger charge is 2.42. The molecule has 18 heavy (non-hydrogen) atoms. The molecule has 0 aliphatic carbocycles. The summed E-state index contributed by atoms with van der Waals surface area (Å²) in [6.45, 7) is 0. The van der Waals surface area contributed by atoms with Crippen LogP contribution < -0.4 is 10.6 Å². The van der Waals surface area contributed by atoms with Crippen molar-refractivity contribution >= 4 is 11.6 Å². The van der Waals surface area contributed by atoms with Crippen LogP contribution in [0.5, 0.6) is 0 Å². The van der Waals surface area contributed by atoms with E-state index in [1.807, 2.05) is 0 Å². The van der Waals surface area contributed by atoms with Crippen LogP contribution in [0.15, 0.2) is 18.2 Å². The smallest absolute Gasteiger partial charge is 0.229 e. The van der Waals surface area contributed by atoms with E-state index in [1.54, 1.807) is 0 Å². The third-order valence-corrected chi connectivity index (χ3v) is 3.77. The van der Waals surface area contributed by atoms with Gasteiger partial charge in [-0.3, -0.25) is 4.79 Å². The first-order valence-electron chi connectivity index (χ1n) is 6.15. The Hall–Kier alpha value is -1.49. The van der Waals surface area contributed by atoms with Crippen molar-refractivity contribution in [1.82, 2.24) is 5.32 Å². The first kappa shape index (κ1) is 11.6. The van der Waals surface area contributed by atoms with Gasteiger partial charge in [-0.15, -0.1) is 0 Å². The van der Waals surface area contributed by atoms with Crippen LogP contribution in [0.1, 0.15) is 19.3 Å². The zero-order valence-electron chi connectivity index (χ0n) is 9.75. The zero-order chi connectivity index (χ0) is 12.7. The minimum atomic E-state index is -0.684. The number of fused-ring (bicyclic) bond motifs is 2. The van der Waals surface area contributed by atoms with Gasteiger partial charge in [-0.25, -0.2) is 8.78 Å². The van der Waals surface area contributed by atoms with E-state index in [4.69, 9.17) is 0 Å². The fraction of sp³-hybridized carbons (Fsp3) is 0.462. The molecule has 0 radical (unpaired) electrons. The maximum Gasteiger partial charge on any atom is 0.229 e. The van der Waals surface area contributed by atoms with Gasteiger partial charge in [0.1, 0.15) is 11.6 Å². The summed E-state index contributed by atoms with van der Waals surface area (Å²) in [5.74, 6) is -1.61. The van der Waals surface area contributed by atoms with Crippen molar-refractivity contribution < 1.29 is 13.6 Å². The fourth-order valence-electron chi connectivity index (χ4n) is 2.97. The van der Waals surface area contributed by atoms with Gasteiger partial charge in [-0.2, -0.15) is 0 Å². The lowest BCUT2D eigenvalue weighted by molar-refractivity contribution is -0.120. The van der Waals surface area contributed by atoms with E-state index in [-0.39, 0.29) is 23.6 Å². The molecule has 2 aliphatic heterocycles. The van der Waals surface area contributed by atoms with Gasteiger partial charge < -0.3 is 10.6 Å². The molecule has 3 nitrogen and oxygen atoms in total. The number of anilines is 1. The number of nitrogens with one attached hydrogen (secondary N) is 2. The molecular formula is C13H14F2N2O. The number of rotatable bonds is 2. The molecule has 2 heterocycles. The van der Waals surface area contributed by atoms with E-state index in [2.05, 4.69) is 10.6 Å². The molecule has 0 saturated carbocycles. The minimum Gasteiger partial charge on any atom is -0.326 e. The van der Waals surface area contributed by atoms with Gasteiger partial charge in [0.2, 0.25) is 5.91 Å². The Kier molecular flexibility index (Phi) is 2.78. The molecule has 1 aromatic rings. The molecule has 0 spiro atoms. The van der Waals surface area contributed by atoms with Crippen LogP contribution in [0, 0.1) is 17.6 Å². The predicted octanol–water partition coefficient (Wildman–Crippen LogP) is 2.04. The number of carbonyl (C=O) groups is 1. The standard InChI is InChI=1S/C13H14F2N2O/c14-7-3-8(15)5-10(4-7)17-13(18)11-6-9-1-2-12(11)16-9/h3-5,9,11-12,16H,1-2,6H2,(H,17,18). The molecule has 96 valence electrons. The summed E-state index contributed by atoms with van der Waals surface area (Å²) < 4.78 is 26.0. The number of hydrogen-bond donors (Lipinski definition) is 2. The number of carbonyl (C=O) groups excluding carboxylic acids is 1. The Morgan fingerprint density at radius 1 is 1.22 bits per heavy atom. The second-order valence-electron chi connectivity index (χ2n) is 5.04. The Labute approximate surface area is 104 Å². The van der Waals surface area contributed by atoms with Gasteiger partial charge in [0, 0.05) is 23.8 Å². The third kappa shape index (κ3) is 2.10. The second-order valence-corrected chi connectivity index (χ2v) is 5.04. The minimum absolute atomic E-state index is 0.0879. The number of halogens is 2. The molecule has 2 aliphatic rings. The summed E-state index contributed by atoms with van der Waals surface area (Å²) in [7, 11) is 0. The molecule has 1 aromatic carbocycles. The van der Waals surface area contributed by atoms with Crippen LogP contribution >= 0.6 is 0 Å². The lowest BCUT2D eigenvalue weighted by Gasteiger charge is -2.19. The van der Waals surface area contributed by atoms with E-state index >= 15 is 0 Å². The predicted molar refractivity (Wildman–Crippen MR) is 63.0 cm³/mol. The van der Waals surface area contributed by atoms with Crippen LogP contribution in [0.4, 0.5) is 14.5 Å². The van der Waals surface area contributed by atoms with Gasteiger partial charge >= 0.3 is 0 Å². The molecule has 2 bridgehead atoms. The molecule has 2 saturated heterocycles. The number of hydrogen-bond acceptors (Lipinski definition) is 2. The number of amides is 1. The molecule has 3 unspecified atom stereocenters. The molecule has 1 amide bonds. The molecule has 2 fully saturated rings. The SMILES string of the molecule is O=C(Nc1cc(F)cc(F)c1)C1CC2CCC1N2. The van der Waals surface area contributed by atoms with Crippen molar-refractivity contribution in [2.45, 2.75) is 31.3 Å². The van der Waals surface area contributed by atoms with Gasteiger partial charge in [-0.1, -0.05) is 0 Å². The lowest BCUT2D eigenvalue weighted by Crippen LogP contribution is -2.32. The Morgan fingerprint density at radius 3 is 2.50 bits per heavy atom. The molecule has 3 atom stereocenters. The van der Waals surface area contributed by atoms with E-state index in [9.17, 15) is 13.6 Å². The monoisotopic (exact) mass is 252 g/mol. The summed E-state index contributed by atoms with van der Waals surface area (Å²) in [5, 5.41) is 5.95. The fourth-order valence-corrected chi connectivity index (χ4v) is 2.97. The maximum absolute atomic E-state index is 13.0. The van der Waals surface area contributed by atoms with Crippen molar-refractivity contribution in [2.24, 2.45) is 5.92 Å². The Balaban J connectivity index is 1.70. The van der Waals surface area contributed by atoms with Crippen LogP contribution in [0.3, 0.4) is 0 Å².